The fraction of sp³-hybridized carbons (Fsp3) is 0.312. The Hall–Kier alpha value is -2.68. The number of nitriles is 1. The standard InChI is InChI=1S/C16H16FN3O2/c1-11-7-12(2)20(19-11)6-5-16(21)22-10-14-8-13(9-18)3-4-15(14)17/h3-4,7-8H,5-6,10H2,1-2H3. The first-order chi connectivity index (χ1) is 10.5. The Labute approximate surface area is 127 Å². The molecule has 0 aliphatic heterocycles. The second-order valence-corrected chi connectivity index (χ2v) is 4.98. The largest absolute Gasteiger partial charge is 0.461 e. The monoisotopic (exact) mass is 301 g/mol. The SMILES string of the molecule is Cc1cc(C)n(CCC(=O)OCc2cc(C#N)ccc2F)n1. The van der Waals surface area contributed by atoms with E-state index in [1.165, 1.54) is 18.2 Å². The lowest BCUT2D eigenvalue weighted by Gasteiger charge is -2.07. The lowest BCUT2D eigenvalue weighted by Crippen LogP contribution is -2.11. The molecule has 1 heterocycles. The van der Waals surface area contributed by atoms with E-state index >= 15 is 0 Å². The van der Waals surface area contributed by atoms with Crippen molar-refractivity contribution in [2.24, 2.45) is 0 Å². The van der Waals surface area contributed by atoms with E-state index in [4.69, 9.17) is 10.00 Å². The van der Waals surface area contributed by atoms with Gasteiger partial charge in [-0.2, -0.15) is 10.4 Å². The number of rotatable bonds is 5. The number of aryl methyl sites for hydroxylation is 3. The van der Waals surface area contributed by atoms with E-state index in [-0.39, 0.29) is 18.6 Å². The van der Waals surface area contributed by atoms with Crippen molar-refractivity contribution in [3.63, 3.8) is 0 Å². The molecule has 0 N–H and O–H groups in total. The van der Waals surface area contributed by atoms with Crippen LogP contribution in [0.25, 0.3) is 0 Å². The zero-order valence-electron chi connectivity index (χ0n) is 12.5. The summed E-state index contributed by atoms with van der Waals surface area (Å²) in [5, 5.41) is 13.0. The molecule has 0 radical (unpaired) electrons. The van der Waals surface area contributed by atoms with Crippen molar-refractivity contribution < 1.29 is 13.9 Å². The predicted octanol–water partition coefficient (Wildman–Crippen LogP) is 2.64. The van der Waals surface area contributed by atoms with E-state index in [0.29, 0.717) is 12.1 Å². The maximum atomic E-state index is 13.5. The van der Waals surface area contributed by atoms with E-state index in [2.05, 4.69) is 5.10 Å². The van der Waals surface area contributed by atoms with Crippen LogP contribution >= 0.6 is 0 Å². The first kappa shape index (κ1) is 15.7. The van der Waals surface area contributed by atoms with Gasteiger partial charge in [-0.15, -0.1) is 0 Å². The molecule has 2 rings (SSSR count). The summed E-state index contributed by atoms with van der Waals surface area (Å²) in [7, 11) is 0. The van der Waals surface area contributed by atoms with Crippen molar-refractivity contribution in [3.8, 4) is 6.07 Å². The van der Waals surface area contributed by atoms with Crippen LogP contribution in [0.4, 0.5) is 4.39 Å². The predicted molar refractivity (Wildman–Crippen MR) is 77.2 cm³/mol. The minimum Gasteiger partial charge on any atom is -0.461 e. The van der Waals surface area contributed by atoms with Gasteiger partial charge < -0.3 is 4.74 Å². The minimum absolute atomic E-state index is 0.154. The molecule has 0 saturated carbocycles. The number of aromatic nitrogens is 2. The van der Waals surface area contributed by atoms with Crippen LogP contribution in [0.1, 0.15) is 28.9 Å². The van der Waals surface area contributed by atoms with Crippen molar-refractivity contribution in [1.82, 2.24) is 9.78 Å². The number of hydrogen-bond acceptors (Lipinski definition) is 4. The summed E-state index contributed by atoms with van der Waals surface area (Å²) in [6.45, 7) is 4.03. The molecule has 2 aromatic rings. The summed E-state index contributed by atoms with van der Waals surface area (Å²) in [5.41, 5.74) is 2.38. The summed E-state index contributed by atoms with van der Waals surface area (Å²) in [6, 6.07) is 7.79. The molecule has 0 bridgehead atoms. The number of carbonyl (C=O) groups is 1. The molecule has 0 saturated heterocycles. The van der Waals surface area contributed by atoms with Crippen LogP contribution in [0.3, 0.4) is 0 Å². The normalized spacial score (nSPS) is 10.3. The van der Waals surface area contributed by atoms with Gasteiger partial charge >= 0.3 is 5.97 Å². The topological polar surface area (TPSA) is 67.9 Å². The molecule has 0 aliphatic carbocycles. The van der Waals surface area contributed by atoms with E-state index in [0.717, 1.165) is 11.4 Å². The number of esters is 1. The Morgan fingerprint density at radius 3 is 2.82 bits per heavy atom. The average molecular weight is 301 g/mol. The van der Waals surface area contributed by atoms with Gasteiger partial charge in [-0.05, 0) is 38.1 Å². The third-order valence-electron chi connectivity index (χ3n) is 3.19. The molecular weight excluding hydrogens is 285 g/mol. The van der Waals surface area contributed by atoms with Gasteiger partial charge in [0.2, 0.25) is 0 Å². The highest BCUT2D eigenvalue weighted by molar-refractivity contribution is 5.69. The van der Waals surface area contributed by atoms with E-state index in [9.17, 15) is 9.18 Å². The maximum absolute atomic E-state index is 13.5. The molecule has 0 amide bonds. The van der Waals surface area contributed by atoms with Gasteiger partial charge in [-0.25, -0.2) is 4.39 Å². The molecule has 1 aromatic heterocycles. The van der Waals surface area contributed by atoms with Crippen LogP contribution in [-0.4, -0.2) is 15.7 Å². The second kappa shape index (κ2) is 6.85. The summed E-state index contributed by atoms with van der Waals surface area (Å²) in [6.07, 6.45) is 0.154. The minimum atomic E-state index is -0.495. The van der Waals surface area contributed by atoms with Gasteiger partial charge in [0.1, 0.15) is 12.4 Å². The first-order valence-corrected chi connectivity index (χ1v) is 6.85. The van der Waals surface area contributed by atoms with Gasteiger partial charge in [0.05, 0.1) is 30.3 Å². The van der Waals surface area contributed by atoms with Crippen molar-refractivity contribution in [3.05, 3.63) is 52.6 Å². The molecule has 0 fully saturated rings. The molecular formula is C16H16FN3O2. The lowest BCUT2D eigenvalue weighted by molar-refractivity contribution is -0.145. The highest BCUT2D eigenvalue weighted by Gasteiger charge is 2.09. The zero-order chi connectivity index (χ0) is 16.1. The van der Waals surface area contributed by atoms with Gasteiger partial charge in [-0.1, -0.05) is 0 Å². The fourth-order valence-corrected chi connectivity index (χ4v) is 2.08. The Balaban J connectivity index is 1.88. The molecule has 1 aromatic carbocycles. The quantitative estimate of drug-likeness (QED) is 0.796. The Morgan fingerprint density at radius 2 is 2.18 bits per heavy atom. The molecule has 22 heavy (non-hydrogen) atoms. The van der Waals surface area contributed by atoms with Gasteiger partial charge in [0, 0.05) is 11.3 Å². The number of halogens is 1. The van der Waals surface area contributed by atoms with Gasteiger partial charge in [0.25, 0.3) is 0 Å². The summed E-state index contributed by atoms with van der Waals surface area (Å²) in [4.78, 5) is 11.7. The Bertz CT molecular complexity index is 731. The van der Waals surface area contributed by atoms with Crippen LogP contribution < -0.4 is 0 Å². The van der Waals surface area contributed by atoms with Crippen LogP contribution in [-0.2, 0) is 22.7 Å². The summed E-state index contributed by atoms with van der Waals surface area (Å²) >= 11 is 0. The number of hydrogen-bond donors (Lipinski definition) is 0. The maximum Gasteiger partial charge on any atom is 0.308 e. The number of carbonyl (C=O) groups excluding carboxylic acids is 1. The summed E-state index contributed by atoms with van der Waals surface area (Å²) in [5.74, 6) is -0.931. The number of benzene rings is 1. The molecule has 6 heteroatoms. The highest BCUT2D eigenvalue weighted by Crippen LogP contribution is 2.12. The van der Waals surface area contributed by atoms with Crippen LogP contribution in [0.15, 0.2) is 24.3 Å². The fourth-order valence-electron chi connectivity index (χ4n) is 2.08. The van der Waals surface area contributed by atoms with Crippen LogP contribution in [0.2, 0.25) is 0 Å². The molecule has 0 spiro atoms. The van der Waals surface area contributed by atoms with Crippen molar-refractivity contribution in [2.45, 2.75) is 33.4 Å². The Morgan fingerprint density at radius 1 is 1.41 bits per heavy atom. The smallest absolute Gasteiger partial charge is 0.308 e. The third-order valence-corrected chi connectivity index (χ3v) is 3.19. The van der Waals surface area contributed by atoms with Crippen molar-refractivity contribution in [1.29, 1.82) is 5.26 Å². The van der Waals surface area contributed by atoms with E-state index < -0.39 is 11.8 Å². The average Bonchev–Trinajstić information content (AvgIpc) is 2.82. The molecule has 0 aliphatic rings. The highest BCUT2D eigenvalue weighted by atomic mass is 19.1. The van der Waals surface area contributed by atoms with Gasteiger partial charge in [-0.3, -0.25) is 9.48 Å². The van der Waals surface area contributed by atoms with Crippen molar-refractivity contribution in [2.75, 3.05) is 0 Å². The van der Waals surface area contributed by atoms with Gasteiger partial charge in [0.15, 0.2) is 0 Å². The summed E-state index contributed by atoms with van der Waals surface area (Å²) < 4.78 is 20.3. The molecule has 114 valence electrons. The molecule has 0 atom stereocenters. The first-order valence-electron chi connectivity index (χ1n) is 6.85. The lowest BCUT2D eigenvalue weighted by atomic mass is 10.1. The van der Waals surface area contributed by atoms with E-state index in [1.807, 2.05) is 26.0 Å². The van der Waals surface area contributed by atoms with Crippen LogP contribution in [0.5, 0.6) is 0 Å². The zero-order valence-corrected chi connectivity index (χ0v) is 12.5. The third kappa shape index (κ3) is 3.92. The number of nitrogens with zero attached hydrogens (tertiary/aromatic N) is 3. The number of ether oxygens (including phenoxy) is 1. The molecule has 5 nitrogen and oxygen atoms in total. The van der Waals surface area contributed by atoms with Crippen LogP contribution in [0, 0.1) is 31.0 Å². The molecule has 0 unspecified atom stereocenters. The second-order valence-electron chi connectivity index (χ2n) is 4.98. The van der Waals surface area contributed by atoms with Crippen molar-refractivity contribution >= 4 is 5.97 Å². The van der Waals surface area contributed by atoms with E-state index in [1.54, 1.807) is 4.68 Å². The Kier molecular flexibility index (Phi) is 4.89.